The third-order valence-electron chi connectivity index (χ3n) is 3.39. The molecule has 0 spiro atoms. The zero-order chi connectivity index (χ0) is 18.7. The summed E-state index contributed by atoms with van der Waals surface area (Å²) in [6.45, 7) is 1.88. The summed E-state index contributed by atoms with van der Waals surface area (Å²) in [5, 5.41) is 7.87. The van der Waals surface area contributed by atoms with Crippen LogP contribution in [0.5, 0.6) is 0 Å². The van der Waals surface area contributed by atoms with E-state index in [-0.39, 0.29) is 17.5 Å². The van der Waals surface area contributed by atoms with Gasteiger partial charge in [0.05, 0.1) is 11.4 Å². The number of halogens is 2. The molecule has 0 unspecified atom stereocenters. The van der Waals surface area contributed by atoms with E-state index < -0.39 is 0 Å². The van der Waals surface area contributed by atoms with Crippen LogP contribution in [0.1, 0.15) is 5.56 Å². The van der Waals surface area contributed by atoms with Gasteiger partial charge in [-0.2, -0.15) is 0 Å². The van der Waals surface area contributed by atoms with Crippen molar-refractivity contribution in [3.05, 3.63) is 62.8 Å². The minimum Gasteiger partial charge on any atom is -0.325 e. The second kappa shape index (κ2) is 8.30. The topological polar surface area (TPSA) is 46.9 Å². The van der Waals surface area contributed by atoms with Crippen molar-refractivity contribution < 1.29 is 9.18 Å². The van der Waals surface area contributed by atoms with Crippen LogP contribution in [0.2, 0.25) is 5.02 Å². The van der Waals surface area contributed by atoms with E-state index in [9.17, 15) is 9.18 Å². The summed E-state index contributed by atoms with van der Waals surface area (Å²) in [5.74, 6) is -0.262. The van der Waals surface area contributed by atoms with Gasteiger partial charge in [-0.15, -0.1) is 5.10 Å². The maximum atomic E-state index is 13.0. The quantitative estimate of drug-likeness (QED) is 0.433. The average molecular weight is 426 g/mol. The number of nitrogens with one attached hydrogen (secondary N) is 1. The summed E-state index contributed by atoms with van der Waals surface area (Å²) in [6.07, 6.45) is 0. The number of carbonyl (C=O) groups excluding carboxylic acids is 1. The smallest absolute Gasteiger partial charge is 0.234 e. The van der Waals surface area contributed by atoms with E-state index in [0.717, 1.165) is 11.3 Å². The van der Waals surface area contributed by atoms with Crippen LogP contribution in [-0.2, 0) is 4.79 Å². The van der Waals surface area contributed by atoms with E-state index in [1.807, 2.05) is 6.92 Å². The van der Waals surface area contributed by atoms with Crippen LogP contribution in [0, 0.1) is 16.7 Å². The lowest BCUT2D eigenvalue weighted by molar-refractivity contribution is -0.113. The van der Waals surface area contributed by atoms with Crippen LogP contribution in [-0.4, -0.2) is 21.4 Å². The number of thioether (sulfide) groups is 1. The Morgan fingerprint density at radius 3 is 2.77 bits per heavy atom. The Kier molecular flexibility index (Phi) is 6.08. The Hall–Kier alpha value is -1.74. The van der Waals surface area contributed by atoms with Crippen LogP contribution in [0.25, 0.3) is 5.69 Å². The predicted molar refractivity (Wildman–Crippen MR) is 108 cm³/mol. The van der Waals surface area contributed by atoms with Gasteiger partial charge in [-0.05, 0) is 67.2 Å². The minimum absolute atomic E-state index is 0.144. The number of rotatable bonds is 5. The number of hydrogen-bond acceptors (Lipinski definition) is 5. The van der Waals surface area contributed by atoms with Gasteiger partial charge in [-0.1, -0.05) is 34.7 Å². The molecule has 1 N–H and O–H groups in total. The second-order valence-electron chi connectivity index (χ2n) is 5.32. The van der Waals surface area contributed by atoms with Crippen molar-refractivity contribution in [1.82, 2.24) is 9.78 Å². The minimum atomic E-state index is -0.320. The van der Waals surface area contributed by atoms with Gasteiger partial charge in [0.2, 0.25) is 5.91 Å². The van der Waals surface area contributed by atoms with Gasteiger partial charge in [0, 0.05) is 10.7 Å². The van der Waals surface area contributed by atoms with Crippen molar-refractivity contribution in [3.63, 3.8) is 0 Å². The van der Waals surface area contributed by atoms with Gasteiger partial charge in [0.15, 0.2) is 8.29 Å². The van der Waals surface area contributed by atoms with E-state index in [4.69, 9.17) is 23.8 Å². The normalized spacial score (nSPS) is 10.7. The fraction of sp³-hybridized carbons (Fsp3) is 0.118. The lowest BCUT2D eigenvalue weighted by Gasteiger charge is -2.07. The Morgan fingerprint density at radius 2 is 2.08 bits per heavy atom. The fourth-order valence-corrected chi connectivity index (χ4v) is 4.53. The molecule has 0 atom stereocenters. The van der Waals surface area contributed by atoms with E-state index in [1.54, 1.807) is 35.0 Å². The summed E-state index contributed by atoms with van der Waals surface area (Å²) in [6, 6.07) is 11.2. The van der Waals surface area contributed by atoms with Crippen LogP contribution in [0.4, 0.5) is 10.1 Å². The number of aromatic nitrogens is 2. The van der Waals surface area contributed by atoms with E-state index in [0.29, 0.717) is 19.0 Å². The summed E-state index contributed by atoms with van der Waals surface area (Å²) >= 11 is 13.8. The van der Waals surface area contributed by atoms with Gasteiger partial charge < -0.3 is 5.32 Å². The summed E-state index contributed by atoms with van der Waals surface area (Å²) in [7, 11) is 0. The zero-order valence-corrected chi connectivity index (χ0v) is 16.7. The first kappa shape index (κ1) is 19.0. The maximum absolute atomic E-state index is 13.0. The SMILES string of the molecule is Cc1cc(Cl)ccc1NC(=O)CSc1nn(-c2ccc(F)cc2)c(=S)s1. The van der Waals surface area contributed by atoms with Crippen LogP contribution in [0.15, 0.2) is 46.8 Å². The molecular formula is C17H13ClFN3OS3. The maximum Gasteiger partial charge on any atom is 0.234 e. The molecule has 1 aromatic heterocycles. The molecule has 0 aliphatic rings. The Bertz CT molecular complexity index is 1000. The number of carbonyl (C=O) groups is 1. The van der Waals surface area contributed by atoms with Crippen LogP contribution in [0.3, 0.4) is 0 Å². The molecular weight excluding hydrogens is 413 g/mol. The molecule has 26 heavy (non-hydrogen) atoms. The van der Waals surface area contributed by atoms with Crippen molar-refractivity contribution in [2.75, 3.05) is 11.1 Å². The third kappa shape index (κ3) is 4.70. The number of hydrogen-bond donors (Lipinski definition) is 1. The first-order valence-electron chi connectivity index (χ1n) is 7.47. The van der Waals surface area contributed by atoms with Crippen LogP contribution < -0.4 is 5.32 Å². The highest BCUT2D eigenvalue weighted by Gasteiger charge is 2.10. The molecule has 3 aromatic rings. The monoisotopic (exact) mass is 425 g/mol. The Labute approximate surface area is 168 Å². The van der Waals surface area contributed by atoms with Crippen molar-refractivity contribution in [2.24, 2.45) is 0 Å². The lowest BCUT2D eigenvalue weighted by atomic mass is 10.2. The standard InChI is InChI=1S/C17H13ClFN3OS3/c1-10-8-11(18)2-7-14(10)20-15(23)9-25-16-21-22(17(24)26-16)13-5-3-12(19)4-6-13/h2-8H,9H2,1H3,(H,20,23). The zero-order valence-electron chi connectivity index (χ0n) is 13.5. The molecule has 0 bridgehead atoms. The van der Waals surface area contributed by atoms with Crippen molar-refractivity contribution in [2.45, 2.75) is 11.3 Å². The summed E-state index contributed by atoms with van der Waals surface area (Å²) in [4.78, 5) is 12.2. The molecule has 0 fully saturated rings. The second-order valence-corrected chi connectivity index (χ2v) is 8.60. The van der Waals surface area contributed by atoms with Crippen molar-refractivity contribution in [1.29, 1.82) is 0 Å². The number of anilines is 1. The molecule has 0 aliphatic carbocycles. The molecule has 1 amide bonds. The molecule has 4 nitrogen and oxygen atoms in total. The molecule has 0 saturated carbocycles. The van der Waals surface area contributed by atoms with E-state index in [1.165, 1.54) is 35.2 Å². The van der Waals surface area contributed by atoms with Crippen molar-refractivity contribution >= 4 is 58.5 Å². The van der Waals surface area contributed by atoms with E-state index >= 15 is 0 Å². The molecule has 0 radical (unpaired) electrons. The highest BCUT2D eigenvalue weighted by atomic mass is 35.5. The van der Waals surface area contributed by atoms with Crippen LogP contribution >= 0.6 is 46.9 Å². The highest BCUT2D eigenvalue weighted by Crippen LogP contribution is 2.25. The molecule has 0 saturated heterocycles. The number of aryl methyl sites for hydroxylation is 1. The van der Waals surface area contributed by atoms with Gasteiger partial charge in [0.1, 0.15) is 5.82 Å². The third-order valence-corrected chi connectivity index (χ3v) is 5.99. The van der Waals surface area contributed by atoms with Gasteiger partial charge in [-0.25, -0.2) is 9.07 Å². The van der Waals surface area contributed by atoms with E-state index in [2.05, 4.69) is 10.4 Å². The molecule has 134 valence electrons. The molecule has 0 aliphatic heterocycles. The lowest BCUT2D eigenvalue weighted by Crippen LogP contribution is -2.14. The Morgan fingerprint density at radius 1 is 1.35 bits per heavy atom. The number of nitrogens with zero attached hydrogens (tertiary/aromatic N) is 2. The number of amides is 1. The average Bonchev–Trinajstić information content (AvgIpc) is 2.97. The highest BCUT2D eigenvalue weighted by molar-refractivity contribution is 8.01. The molecule has 1 heterocycles. The van der Waals surface area contributed by atoms with Crippen molar-refractivity contribution in [3.8, 4) is 5.69 Å². The van der Waals surface area contributed by atoms with Gasteiger partial charge >= 0.3 is 0 Å². The van der Waals surface area contributed by atoms with Gasteiger partial charge in [-0.3, -0.25) is 4.79 Å². The first-order chi connectivity index (χ1) is 12.4. The van der Waals surface area contributed by atoms with Gasteiger partial charge in [0.25, 0.3) is 0 Å². The summed E-state index contributed by atoms with van der Waals surface area (Å²) < 4.78 is 15.8. The largest absolute Gasteiger partial charge is 0.325 e. The molecule has 3 rings (SSSR count). The predicted octanol–water partition coefficient (Wildman–Crippen LogP) is 5.50. The molecule has 9 heteroatoms. The fourth-order valence-electron chi connectivity index (χ4n) is 2.15. The first-order valence-corrected chi connectivity index (χ1v) is 10.1. The molecule has 2 aromatic carbocycles. The Balaban J connectivity index is 1.64. The number of benzene rings is 2. The summed E-state index contributed by atoms with van der Waals surface area (Å²) in [5.41, 5.74) is 2.30.